The first-order valence-corrected chi connectivity index (χ1v) is 8.88. The highest BCUT2D eigenvalue weighted by atomic mass is 19.4. The van der Waals surface area contributed by atoms with Crippen LogP contribution in [0.1, 0.15) is 23.0 Å². The van der Waals surface area contributed by atoms with Crippen molar-refractivity contribution >= 4 is 5.91 Å². The lowest BCUT2D eigenvalue weighted by atomic mass is 10.1. The standard InChI is InChI=1S/C20H19F3N4O3/c1-26-11-9-24-18(26)17(13-5-7-14(30-2)8-6-13)25-16(28)12-27-10-3-4-15(19(27)29)20(21,22)23/h3-11,17H,12H2,1-2H3,(H,25,28)/t17-/m0/s1. The monoisotopic (exact) mass is 420 g/mol. The van der Waals surface area contributed by atoms with Crippen LogP contribution < -0.4 is 15.6 Å². The van der Waals surface area contributed by atoms with E-state index in [1.165, 1.54) is 7.11 Å². The number of carbonyl (C=O) groups excluding carboxylic acids is 1. The number of benzene rings is 1. The van der Waals surface area contributed by atoms with E-state index in [2.05, 4.69) is 10.3 Å². The van der Waals surface area contributed by atoms with Crippen molar-refractivity contribution in [1.82, 2.24) is 19.4 Å². The molecule has 10 heteroatoms. The number of amides is 1. The zero-order valence-corrected chi connectivity index (χ0v) is 16.2. The maximum Gasteiger partial charge on any atom is 0.421 e. The van der Waals surface area contributed by atoms with Gasteiger partial charge in [-0.15, -0.1) is 0 Å². The molecule has 0 saturated heterocycles. The van der Waals surface area contributed by atoms with Gasteiger partial charge in [-0.25, -0.2) is 4.98 Å². The van der Waals surface area contributed by atoms with Gasteiger partial charge in [-0.05, 0) is 29.8 Å². The molecule has 0 saturated carbocycles. The highest BCUT2D eigenvalue weighted by Crippen LogP contribution is 2.26. The van der Waals surface area contributed by atoms with E-state index in [1.807, 2.05) is 0 Å². The second kappa shape index (κ2) is 8.44. The minimum absolute atomic E-state index is 0.518. The number of hydrogen-bond acceptors (Lipinski definition) is 4. The third-order valence-electron chi connectivity index (χ3n) is 4.51. The Balaban J connectivity index is 1.87. The van der Waals surface area contributed by atoms with Gasteiger partial charge in [0.25, 0.3) is 5.56 Å². The Morgan fingerprint density at radius 3 is 2.47 bits per heavy atom. The predicted octanol–water partition coefficient (Wildman–Crippen LogP) is 2.52. The molecule has 0 aliphatic rings. The zero-order valence-electron chi connectivity index (χ0n) is 16.2. The van der Waals surface area contributed by atoms with Crippen molar-refractivity contribution in [2.45, 2.75) is 18.8 Å². The molecule has 30 heavy (non-hydrogen) atoms. The minimum Gasteiger partial charge on any atom is -0.497 e. The van der Waals surface area contributed by atoms with E-state index < -0.39 is 35.8 Å². The fraction of sp³-hybridized carbons (Fsp3) is 0.250. The van der Waals surface area contributed by atoms with Crippen molar-refractivity contribution in [3.05, 3.63) is 82.3 Å². The number of imidazole rings is 1. The molecule has 3 rings (SSSR count). The molecule has 0 radical (unpaired) electrons. The fourth-order valence-electron chi connectivity index (χ4n) is 2.99. The van der Waals surface area contributed by atoms with E-state index in [0.29, 0.717) is 23.2 Å². The quantitative estimate of drug-likeness (QED) is 0.665. The van der Waals surface area contributed by atoms with Gasteiger partial charge in [0.05, 0.1) is 7.11 Å². The molecule has 0 unspecified atom stereocenters. The summed E-state index contributed by atoms with van der Waals surface area (Å²) < 4.78 is 46.4. The molecule has 2 heterocycles. The number of halogens is 3. The molecular weight excluding hydrogens is 401 g/mol. The molecule has 0 aliphatic carbocycles. The number of nitrogens with one attached hydrogen (secondary N) is 1. The second-order valence-corrected chi connectivity index (χ2v) is 6.52. The van der Waals surface area contributed by atoms with Crippen LogP contribution in [0.25, 0.3) is 0 Å². The predicted molar refractivity (Wildman–Crippen MR) is 102 cm³/mol. The third-order valence-corrected chi connectivity index (χ3v) is 4.51. The number of carbonyl (C=O) groups is 1. The maximum absolute atomic E-state index is 13.0. The van der Waals surface area contributed by atoms with Gasteiger partial charge < -0.3 is 19.2 Å². The highest BCUT2D eigenvalue weighted by Gasteiger charge is 2.34. The molecule has 0 bridgehead atoms. The average Bonchev–Trinajstić information content (AvgIpc) is 3.12. The van der Waals surface area contributed by atoms with Gasteiger partial charge in [-0.1, -0.05) is 12.1 Å². The first-order chi connectivity index (χ1) is 14.2. The number of nitrogens with zero attached hydrogens (tertiary/aromatic N) is 3. The molecule has 1 atom stereocenters. The van der Waals surface area contributed by atoms with Gasteiger partial charge in [-0.2, -0.15) is 13.2 Å². The van der Waals surface area contributed by atoms with Gasteiger partial charge in [0.1, 0.15) is 29.7 Å². The van der Waals surface area contributed by atoms with Crippen LogP contribution in [0.3, 0.4) is 0 Å². The van der Waals surface area contributed by atoms with E-state index in [-0.39, 0.29) is 0 Å². The van der Waals surface area contributed by atoms with E-state index in [4.69, 9.17) is 4.74 Å². The molecule has 3 aromatic rings. The average molecular weight is 420 g/mol. The minimum atomic E-state index is -4.80. The Morgan fingerprint density at radius 2 is 1.90 bits per heavy atom. The van der Waals surface area contributed by atoms with Gasteiger partial charge in [0, 0.05) is 25.6 Å². The molecule has 1 aromatic carbocycles. The molecule has 0 spiro atoms. The number of alkyl halides is 3. The molecule has 7 nitrogen and oxygen atoms in total. The van der Waals surface area contributed by atoms with Gasteiger partial charge in [0.15, 0.2) is 0 Å². The van der Waals surface area contributed by atoms with Crippen molar-refractivity contribution in [2.24, 2.45) is 7.05 Å². The Hall–Kier alpha value is -3.56. The van der Waals surface area contributed by atoms with Crippen LogP contribution >= 0.6 is 0 Å². The number of aryl methyl sites for hydroxylation is 1. The Morgan fingerprint density at radius 1 is 1.20 bits per heavy atom. The SMILES string of the molecule is COc1ccc([C@H](NC(=O)Cn2cccc(C(F)(F)F)c2=O)c2nccn2C)cc1. The number of methoxy groups -OCH3 is 1. The summed E-state index contributed by atoms with van der Waals surface area (Å²) in [6.45, 7) is -0.570. The van der Waals surface area contributed by atoms with Crippen molar-refractivity contribution < 1.29 is 22.7 Å². The summed E-state index contributed by atoms with van der Waals surface area (Å²) in [7, 11) is 3.28. The fourth-order valence-corrected chi connectivity index (χ4v) is 2.99. The smallest absolute Gasteiger partial charge is 0.421 e. The summed E-state index contributed by atoms with van der Waals surface area (Å²) in [5.41, 5.74) is -1.92. The summed E-state index contributed by atoms with van der Waals surface area (Å²) in [6, 6.07) is 8.01. The van der Waals surface area contributed by atoms with Gasteiger partial charge in [0.2, 0.25) is 5.91 Å². The molecule has 2 aromatic heterocycles. The van der Waals surface area contributed by atoms with E-state index in [9.17, 15) is 22.8 Å². The van der Waals surface area contributed by atoms with Crippen LogP contribution in [-0.2, 0) is 24.6 Å². The molecule has 0 aliphatic heterocycles. The van der Waals surface area contributed by atoms with Crippen molar-refractivity contribution in [1.29, 1.82) is 0 Å². The summed E-state index contributed by atoms with van der Waals surface area (Å²) in [6.07, 6.45) is -0.389. The van der Waals surface area contributed by atoms with E-state index in [0.717, 1.165) is 16.8 Å². The van der Waals surface area contributed by atoms with Crippen LogP contribution in [0.5, 0.6) is 5.75 Å². The summed E-state index contributed by atoms with van der Waals surface area (Å²) in [5.74, 6) is 0.504. The number of aromatic nitrogens is 3. The summed E-state index contributed by atoms with van der Waals surface area (Å²) in [5, 5.41) is 2.74. The largest absolute Gasteiger partial charge is 0.497 e. The van der Waals surface area contributed by atoms with E-state index in [1.54, 1.807) is 48.3 Å². The van der Waals surface area contributed by atoms with Crippen molar-refractivity contribution in [3.63, 3.8) is 0 Å². The number of ether oxygens (including phenoxy) is 1. The molecule has 0 fully saturated rings. The molecule has 158 valence electrons. The normalized spacial score (nSPS) is 12.4. The molecule has 1 N–H and O–H groups in total. The van der Waals surface area contributed by atoms with Gasteiger partial charge in [-0.3, -0.25) is 9.59 Å². The Kier molecular flexibility index (Phi) is 5.95. The van der Waals surface area contributed by atoms with Crippen molar-refractivity contribution in [3.8, 4) is 5.75 Å². The lowest BCUT2D eigenvalue weighted by Gasteiger charge is -2.20. The number of hydrogen-bond donors (Lipinski definition) is 1. The zero-order chi connectivity index (χ0) is 21.9. The molecular formula is C20H19F3N4O3. The first-order valence-electron chi connectivity index (χ1n) is 8.88. The number of pyridine rings is 1. The number of rotatable bonds is 6. The Labute approximate surface area is 169 Å². The van der Waals surface area contributed by atoms with Crippen LogP contribution in [0.15, 0.2) is 59.8 Å². The van der Waals surface area contributed by atoms with E-state index >= 15 is 0 Å². The summed E-state index contributed by atoms with van der Waals surface area (Å²) >= 11 is 0. The second-order valence-electron chi connectivity index (χ2n) is 6.52. The lowest BCUT2D eigenvalue weighted by molar-refractivity contribution is -0.139. The van der Waals surface area contributed by atoms with Crippen LogP contribution in [0, 0.1) is 0 Å². The van der Waals surface area contributed by atoms with Crippen LogP contribution in [0.4, 0.5) is 13.2 Å². The van der Waals surface area contributed by atoms with Crippen molar-refractivity contribution in [2.75, 3.05) is 7.11 Å². The maximum atomic E-state index is 13.0. The molecule has 1 amide bonds. The summed E-state index contributed by atoms with van der Waals surface area (Å²) in [4.78, 5) is 29.0. The Bertz CT molecular complexity index is 1090. The van der Waals surface area contributed by atoms with Gasteiger partial charge >= 0.3 is 6.18 Å². The topological polar surface area (TPSA) is 78.2 Å². The first kappa shape index (κ1) is 21.2. The van der Waals surface area contributed by atoms with Crippen LogP contribution in [-0.4, -0.2) is 27.1 Å². The van der Waals surface area contributed by atoms with Crippen LogP contribution in [0.2, 0.25) is 0 Å². The lowest BCUT2D eigenvalue weighted by Crippen LogP contribution is -2.37. The highest BCUT2D eigenvalue weighted by molar-refractivity contribution is 5.76. The third kappa shape index (κ3) is 4.53.